The van der Waals surface area contributed by atoms with Gasteiger partial charge in [-0.15, -0.1) is 5.10 Å². The lowest BCUT2D eigenvalue weighted by Gasteiger charge is -2.33. The number of pyridine rings is 1. The molecule has 0 aliphatic carbocycles. The van der Waals surface area contributed by atoms with E-state index in [-0.39, 0.29) is 5.95 Å². The number of piperidine rings is 1. The van der Waals surface area contributed by atoms with Crippen LogP contribution in [0.2, 0.25) is 0 Å². The summed E-state index contributed by atoms with van der Waals surface area (Å²) in [5.41, 5.74) is 12.4. The molecule has 1 fully saturated rings. The van der Waals surface area contributed by atoms with Crippen molar-refractivity contribution in [3.05, 3.63) is 71.7 Å². The number of benzene rings is 1. The highest BCUT2D eigenvalue weighted by Gasteiger charge is 2.22. The Morgan fingerprint density at radius 3 is 2.51 bits per heavy atom. The highest BCUT2D eigenvalue weighted by atomic mass is 15.4. The Hall–Kier alpha value is -3.65. The van der Waals surface area contributed by atoms with Crippen molar-refractivity contribution < 1.29 is 0 Å². The highest BCUT2D eigenvalue weighted by Crippen LogP contribution is 2.27. The van der Waals surface area contributed by atoms with Crippen molar-refractivity contribution in [1.82, 2.24) is 34.8 Å². The van der Waals surface area contributed by atoms with Crippen LogP contribution in [0.4, 0.5) is 5.95 Å². The fourth-order valence-electron chi connectivity index (χ4n) is 4.86. The summed E-state index contributed by atoms with van der Waals surface area (Å²) in [4.78, 5) is 16.4. The van der Waals surface area contributed by atoms with Crippen molar-refractivity contribution in [3.8, 4) is 22.6 Å². The Labute approximate surface area is 206 Å². The van der Waals surface area contributed by atoms with Crippen LogP contribution in [0, 0.1) is 6.92 Å². The molecule has 4 aromatic rings. The second-order valence-corrected chi connectivity index (χ2v) is 9.24. The van der Waals surface area contributed by atoms with E-state index in [1.165, 1.54) is 19.3 Å². The van der Waals surface area contributed by atoms with Crippen molar-refractivity contribution in [2.75, 3.05) is 18.8 Å². The maximum absolute atomic E-state index is 6.03. The lowest BCUT2D eigenvalue weighted by Crippen LogP contribution is -2.34. The lowest BCUT2D eigenvalue weighted by atomic mass is 10.0. The predicted molar refractivity (Wildman–Crippen MR) is 137 cm³/mol. The lowest BCUT2D eigenvalue weighted by molar-refractivity contribution is 0.156. The van der Waals surface area contributed by atoms with E-state index < -0.39 is 0 Å². The third kappa shape index (κ3) is 5.38. The monoisotopic (exact) mass is 468 g/mol. The number of hydrogen-bond acceptors (Lipinski definition) is 7. The van der Waals surface area contributed by atoms with Crippen molar-refractivity contribution in [2.45, 2.75) is 52.1 Å². The molecule has 0 radical (unpaired) electrons. The zero-order chi connectivity index (χ0) is 24.2. The Morgan fingerprint density at radius 1 is 0.914 bits per heavy atom. The normalized spacial score (nSPS) is 15.3. The average molecular weight is 469 g/mol. The van der Waals surface area contributed by atoms with E-state index in [0.29, 0.717) is 24.0 Å². The zero-order valence-corrected chi connectivity index (χ0v) is 20.4. The topological polar surface area (TPSA) is 98.6 Å². The summed E-state index contributed by atoms with van der Waals surface area (Å²) in [6, 6.07) is 16.7. The van der Waals surface area contributed by atoms with Gasteiger partial charge in [-0.1, -0.05) is 48.4 Å². The Morgan fingerprint density at radius 2 is 1.71 bits per heavy atom. The van der Waals surface area contributed by atoms with Gasteiger partial charge in [0.25, 0.3) is 0 Å². The first-order valence-electron chi connectivity index (χ1n) is 12.4. The van der Waals surface area contributed by atoms with Crippen LogP contribution < -0.4 is 5.73 Å². The number of rotatable bonds is 7. The molecule has 5 rings (SSSR count). The van der Waals surface area contributed by atoms with Gasteiger partial charge in [-0.25, -0.2) is 14.6 Å². The Bertz CT molecular complexity index is 1290. The first-order valence-corrected chi connectivity index (χ1v) is 12.4. The van der Waals surface area contributed by atoms with Crippen LogP contribution in [-0.2, 0) is 6.54 Å². The van der Waals surface area contributed by atoms with E-state index in [1.54, 1.807) is 4.68 Å². The first kappa shape index (κ1) is 23.1. The van der Waals surface area contributed by atoms with Crippen LogP contribution in [0.5, 0.6) is 0 Å². The van der Waals surface area contributed by atoms with Gasteiger partial charge in [0.05, 0.1) is 41.6 Å². The Balaban J connectivity index is 1.36. The summed E-state index contributed by atoms with van der Waals surface area (Å²) in [5, 5.41) is 8.69. The molecule has 180 valence electrons. The fourth-order valence-corrected chi connectivity index (χ4v) is 4.86. The van der Waals surface area contributed by atoms with Crippen LogP contribution in [0.1, 0.15) is 55.6 Å². The molecule has 4 heterocycles. The number of anilines is 1. The van der Waals surface area contributed by atoms with Gasteiger partial charge in [0, 0.05) is 5.56 Å². The third-order valence-corrected chi connectivity index (χ3v) is 6.57. The molecule has 0 spiro atoms. The summed E-state index contributed by atoms with van der Waals surface area (Å²) in [6.45, 7) is 7.16. The summed E-state index contributed by atoms with van der Waals surface area (Å²) >= 11 is 0. The minimum atomic E-state index is 0.214. The number of likely N-dealkylation sites (tertiary alicyclic amines) is 1. The van der Waals surface area contributed by atoms with E-state index in [9.17, 15) is 0 Å². The quantitative estimate of drug-likeness (QED) is 0.421. The number of aromatic nitrogens is 6. The number of aryl methyl sites for hydroxylation is 1. The molecule has 35 heavy (non-hydrogen) atoms. The molecular weight excluding hydrogens is 436 g/mol. The molecule has 1 saturated heterocycles. The number of hydrogen-bond donors (Lipinski definition) is 1. The van der Waals surface area contributed by atoms with Crippen LogP contribution in [0.3, 0.4) is 0 Å². The van der Waals surface area contributed by atoms with Gasteiger partial charge >= 0.3 is 0 Å². The molecule has 8 heteroatoms. The van der Waals surface area contributed by atoms with Gasteiger partial charge in [0.15, 0.2) is 0 Å². The van der Waals surface area contributed by atoms with Gasteiger partial charge in [0.1, 0.15) is 5.69 Å². The standard InChI is InChI=1S/C27H32N8/c1-3-26(34-13-5-4-6-14-34)22-12-8-11-21(29-22)17-35-18-25(32-33-35)24-16-23(30-27(28)31-24)20-10-7-9-19(2)15-20/h7-12,15-16,18,26H,3-6,13-14,17H2,1-2H3,(H2,28,30,31)/t26-/m1/s1. The van der Waals surface area contributed by atoms with Gasteiger partial charge in [-0.05, 0) is 63.5 Å². The third-order valence-electron chi connectivity index (χ3n) is 6.57. The van der Waals surface area contributed by atoms with Crippen LogP contribution >= 0.6 is 0 Å². The van der Waals surface area contributed by atoms with Gasteiger partial charge in [-0.3, -0.25) is 9.88 Å². The summed E-state index contributed by atoms with van der Waals surface area (Å²) in [7, 11) is 0. The maximum Gasteiger partial charge on any atom is 0.221 e. The molecule has 0 amide bonds. The smallest absolute Gasteiger partial charge is 0.221 e. The van der Waals surface area contributed by atoms with Gasteiger partial charge < -0.3 is 5.73 Å². The highest BCUT2D eigenvalue weighted by molar-refractivity contribution is 5.67. The van der Waals surface area contributed by atoms with E-state index in [2.05, 4.69) is 63.3 Å². The second kappa shape index (κ2) is 10.3. The number of nitrogens with zero attached hydrogens (tertiary/aromatic N) is 7. The zero-order valence-electron chi connectivity index (χ0n) is 20.4. The summed E-state index contributed by atoms with van der Waals surface area (Å²) < 4.78 is 1.80. The molecule has 0 bridgehead atoms. The number of nitrogen functional groups attached to an aromatic ring is 1. The van der Waals surface area contributed by atoms with Crippen molar-refractivity contribution >= 4 is 5.95 Å². The van der Waals surface area contributed by atoms with Gasteiger partial charge in [-0.2, -0.15) is 0 Å². The van der Waals surface area contributed by atoms with E-state index in [1.807, 2.05) is 30.5 Å². The second-order valence-electron chi connectivity index (χ2n) is 9.24. The average Bonchev–Trinajstić information content (AvgIpc) is 3.34. The molecule has 1 aliphatic rings. The SMILES string of the molecule is CC[C@H](c1cccc(Cn2cc(-c3cc(-c4cccc(C)c4)nc(N)n3)nn2)n1)N1CCCCC1. The van der Waals surface area contributed by atoms with E-state index in [0.717, 1.165) is 47.7 Å². The minimum Gasteiger partial charge on any atom is -0.368 e. The maximum atomic E-state index is 6.03. The molecule has 3 aromatic heterocycles. The molecule has 0 saturated carbocycles. The van der Waals surface area contributed by atoms with Crippen LogP contribution in [0.15, 0.2) is 54.7 Å². The predicted octanol–water partition coefficient (Wildman–Crippen LogP) is 4.67. The van der Waals surface area contributed by atoms with Crippen molar-refractivity contribution in [3.63, 3.8) is 0 Å². The number of nitrogens with two attached hydrogens (primary N) is 1. The largest absolute Gasteiger partial charge is 0.368 e. The minimum absolute atomic E-state index is 0.214. The molecule has 0 unspecified atom stereocenters. The molecule has 1 aliphatic heterocycles. The van der Waals surface area contributed by atoms with Crippen LogP contribution in [-0.4, -0.2) is 47.9 Å². The van der Waals surface area contributed by atoms with E-state index >= 15 is 0 Å². The summed E-state index contributed by atoms with van der Waals surface area (Å²) in [6.07, 6.45) is 6.83. The van der Waals surface area contributed by atoms with Crippen molar-refractivity contribution in [2.24, 2.45) is 0 Å². The molecule has 1 aromatic carbocycles. The first-order chi connectivity index (χ1) is 17.1. The molecular formula is C27H32N8. The van der Waals surface area contributed by atoms with E-state index in [4.69, 9.17) is 10.7 Å². The van der Waals surface area contributed by atoms with Gasteiger partial charge in [0.2, 0.25) is 5.95 Å². The van der Waals surface area contributed by atoms with Crippen molar-refractivity contribution in [1.29, 1.82) is 0 Å². The fraction of sp³-hybridized carbons (Fsp3) is 0.370. The molecule has 1 atom stereocenters. The molecule has 2 N–H and O–H groups in total. The van der Waals surface area contributed by atoms with Crippen LogP contribution in [0.25, 0.3) is 22.6 Å². The molecule has 8 nitrogen and oxygen atoms in total. The Kier molecular flexibility index (Phi) is 6.81. The summed E-state index contributed by atoms with van der Waals surface area (Å²) in [5.74, 6) is 0.214.